The second-order valence-electron chi connectivity index (χ2n) is 8.14. The van der Waals surface area contributed by atoms with Gasteiger partial charge in [-0.25, -0.2) is 0 Å². The Bertz CT molecular complexity index is 1020. The zero-order chi connectivity index (χ0) is 20.4. The van der Waals surface area contributed by atoms with Gasteiger partial charge in [0, 0.05) is 43.6 Å². The first-order valence-electron chi connectivity index (χ1n) is 10.3. The number of piperidine rings is 1. The van der Waals surface area contributed by atoms with Crippen molar-refractivity contribution in [2.24, 2.45) is 7.05 Å². The zero-order valence-electron chi connectivity index (χ0n) is 17.4. The molecule has 0 spiro atoms. The maximum Gasteiger partial charge on any atom is 0.272 e. The fourth-order valence-corrected chi connectivity index (χ4v) is 4.29. The van der Waals surface area contributed by atoms with Crippen molar-refractivity contribution < 1.29 is 4.79 Å². The average Bonchev–Trinajstić information content (AvgIpc) is 3.13. The number of amides is 1. The number of nitrogens with zero attached hydrogens (tertiary/aromatic N) is 4. The Kier molecular flexibility index (Phi) is 5.47. The van der Waals surface area contributed by atoms with Crippen molar-refractivity contribution in [2.75, 3.05) is 13.1 Å². The van der Waals surface area contributed by atoms with E-state index in [2.05, 4.69) is 55.3 Å². The summed E-state index contributed by atoms with van der Waals surface area (Å²) in [4.78, 5) is 19.7. The number of hydrogen-bond donors (Lipinski definition) is 0. The van der Waals surface area contributed by atoms with Crippen LogP contribution < -0.4 is 0 Å². The lowest BCUT2D eigenvalue weighted by Crippen LogP contribution is -2.40. The summed E-state index contributed by atoms with van der Waals surface area (Å²) < 4.78 is 1.65. The molecule has 3 heterocycles. The van der Waals surface area contributed by atoms with Crippen LogP contribution in [-0.2, 0) is 13.5 Å². The highest BCUT2D eigenvalue weighted by molar-refractivity contribution is 5.92. The molecule has 29 heavy (non-hydrogen) atoms. The van der Waals surface area contributed by atoms with E-state index >= 15 is 0 Å². The van der Waals surface area contributed by atoms with Crippen molar-refractivity contribution in [1.82, 2.24) is 19.7 Å². The third kappa shape index (κ3) is 4.39. The summed E-state index contributed by atoms with van der Waals surface area (Å²) in [6, 6.07) is 14.9. The third-order valence-corrected chi connectivity index (χ3v) is 5.69. The number of pyridine rings is 1. The summed E-state index contributed by atoms with van der Waals surface area (Å²) in [5.41, 5.74) is 6.68. The highest BCUT2D eigenvalue weighted by atomic mass is 16.2. The van der Waals surface area contributed by atoms with Gasteiger partial charge < -0.3 is 4.90 Å². The number of hydrogen-bond acceptors (Lipinski definition) is 3. The van der Waals surface area contributed by atoms with Crippen LogP contribution in [0.2, 0.25) is 0 Å². The Morgan fingerprint density at radius 1 is 1.14 bits per heavy atom. The first-order valence-corrected chi connectivity index (χ1v) is 10.3. The van der Waals surface area contributed by atoms with E-state index in [1.54, 1.807) is 16.9 Å². The largest absolute Gasteiger partial charge is 0.337 e. The van der Waals surface area contributed by atoms with Gasteiger partial charge in [0.15, 0.2) is 0 Å². The number of aromatic nitrogens is 3. The number of carbonyl (C=O) groups excluding carboxylic acids is 1. The molecule has 150 valence electrons. The SMILES string of the molecule is Cc1cccc(Cc2cc(C)nc([C@H]3CCCN(C(=O)c4ccnn4C)C3)c2)c1. The van der Waals surface area contributed by atoms with Gasteiger partial charge in [0.25, 0.3) is 5.91 Å². The third-order valence-electron chi connectivity index (χ3n) is 5.69. The molecule has 0 N–H and O–H groups in total. The number of benzene rings is 1. The van der Waals surface area contributed by atoms with E-state index in [0.717, 1.165) is 37.2 Å². The lowest BCUT2D eigenvalue weighted by Gasteiger charge is -2.32. The molecule has 0 radical (unpaired) electrons. The fourth-order valence-electron chi connectivity index (χ4n) is 4.29. The van der Waals surface area contributed by atoms with E-state index in [0.29, 0.717) is 12.2 Å². The Morgan fingerprint density at radius 3 is 2.76 bits per heavy atom. The first-order chi connectivity index (χ1) is 14.0. The first kappa shape index (κ1) is 19.4. The lowest BCUT2D eigenvalue weighted by atomic mass is 9.92. The van der Waals surface area contributed by atoms with Gasteiger partial charge in [-0.2, -0.15) is 5.10 Å². The molecule has 1 amide bonds. The van der Waals surface area contributed by atoms with Crippen LogP contribution in [0.4, 0.5) is 0 Å². The zero-order valence-corrected chi connectivity index (χ0v) is 17.4. The standard InChI is InChI=1S/C24H28N4O/c1-17-6-4-7-19(12-17)14-20-13-18(2)26-22(15-20)21-8-5-11-28(16-21)24(29)23-9-10-25-27(23)3/h4,6-7,9-10,12-13,15,21H,5,8,11,14,16H2,1-3H3/t21-/m0/s1. The monoisotopic (exact) mass is 388 g/mol. The average molecular weight is 389 g/mol. The molecule has 1 aliphatic rings. The summed E-state index contributed by atoms with van der Waals surface area (Å²) in [6.07, 6.45) is 4.64. The summed E-state index contributed by atoms with van der Waals surface area (Å²) in [6.45, 7) is 5.69. The molecule has 0 saturated carbocycles. The molecule has 1 saturated heterocycles. The van der Waals surface area contributed by atoms with E-state index in [4.69, 9.17) is 4.98 Å². The maximum atomic E-state index is 12.9. The van der Waals surface area contributed by atoms with Gasteiger partial charge in [0.05, 0.1) is 0 Å². The van der Waals surface area contributed by atoms with Gasteiger partial charge in [0.1, 0.15) is 5.69 Å². The Hall–Kier alpha value is -2.95. The maximum absolute atomic E-state index is 12.9. The van der Waals surface area contributed by atoms with Gasteiger partial charge in [-0.3, -0.25) is 14.5 Å². The van der Waals surface area contributed by atoms with Crippen molar-refractivity contribution in [1.29, 1.82) is 0 Å². The van der Waals surface area contributed by atoms with E-state index in [-0.39, 0.29) is 11.8 Å². The number of rotatable bonds is 4. The van der Waals surface area contributed by atoms with Crippen LogP contribution >= 0.6 is 0 Å². The van der Waals surface area contributed by atoms with E-state index in [9.17, 15) is 4.79 Å². The van der Waals surface area contributed by atoms with E-state index in [1.807, 2.05) is 11.9 Å². The number of likely N-dealkylation sites (tertiary alicyclic amines) is 1. The minimum atomic E-state index is 0.0577. The summed E-state index contributed by atoms with van der Waals surface area (Å²) >= 11 is 0. The molecule has 0 unspecified atom stereocenters. The van der Waals surface area contributed by atoms with E-state index < -0.39 is 0 Å². The molecule has 1 atom stereocenters. The number of carbonyl (C=O) groups is 1. The highest BCUT2D eigenvalue weighted by Gasteiger charge is 2.27. The topological polar surface area (TPSA) is 51.0 Å². The van der Waals surface area contributed by atoms with Crippen LogP contribution in [-0.4, -0.2) is 38.7 Å². The van der Waals surface area contributed by atoms with Gasteiger partial charge in [-0.1, -0.05) is 29.8 Å². The second-order valence-corrected chi connectivity index (χ2v) is 8.14. The second kappa shape index (κ2) is 8.19. The summed E-state index contributed by atoms with van der Waals surface area (Å²) in [5.74, 6) is 0.333. The van der Waals surface area contributed by atoms with Gasteiger partial charge >= 0.3 is 0 Å². The molecule has 3 aromatic rings. The van der Waals surface area contributed by atoms with Crippen LogP contribution in [0.15, 0.2) is 48.7 Å². The van der Waals surface area contributed by atoms with Gasteiger partial charge in [-0.15, -0.1) is 0 Å². The molecule has 1 aliphatic heterocycles. The summed E-state index contributed by atoms with van der Waals surface area (Å²) in [7, 11) is 1.81. The van der Waals surface area contributed by atoms with Crippen LogP contribution in [0.1, 0.15) is 57.3 Å². The van der Waals surface area contributed by atoms with Crippen LogP contribution in [0, 0.1) is 13.8 Å². The molecule has 5 nitrogen and oxygen atoms in total. The Balaban J connectivity index is 1.53. The highest BCUT2D eigenvalue weighted by Crippen LogP contribution is 2.28. The van der Waals surface area contributed by atoms with E-state index in [1.165, 1.54) is 16.7 Å². The fraction of sp³-hybridized carbons (Fsp3) is 0.375. The normalized spacial score (nSPS) is 16.8. The minimum absolute atomic E-state index is 0.0577. The smallest absolute Gasteiger partial charge is 0.272 e. The van der Waals surface area contributed by atoms with Crippen molar-refractivity contribution in [2.45, 2.75) is 39.0 Å². The predicted molar refractivity (Wildman–Crippen MR) is 114 cm³/mol. The van der Waals surface area contributed by atoms with Crippen LogP contribution in [0.25, 0.3) is 0 Å². The lowest BCUT2D eigenvalue weighted by molar-refractivity contribution is 0.0694. The number of aryl methyl sites for hydroxylation is 3. The Labute approximate surface area is 172 Å². The molecule has 2 aromatic heterocycles. The van der Waals surface area contributed by atoms with Crippen LogP contribution in [0.3, 0.4) is 0 Å². The quantitative estimate of drug-likeness (QED) is 0.678. The van der Waals surface area contributed by atoms with Gasteiger partial charge in [0.2, 0.25) is 0 Å². The molecule has 1 fully saturated rings. The van der Waals surface area contributed by atoms with Crippen molar-refractivity contribution in [3.8, 4) is 0 Å². The molecular weight excluding hydrogens is 360 g/mol. The molecule has 1 aromatic carbocycles. The predicted octanol–water partition coefficient (Wildman–Crippen LogP) is 4.04. The van der Waals surface area contributed by atoms with Crippen molar-refractivity contribution in [3.63, 3.8) is 0 Å². The minimum Gasteiger partial charge on any atom is -0.337 e. The summed E-state index contributed by atoms with van der Waals surface area (Å²) in [5, 5.41) is 4.14. The molecule has 0 aliphatic carbocycles. The Morgan fingerprint density at radius 2 is 2.00 bits per heavy atom. The molecular formula is C24H28N4O. The molecule has 4 rings (SSSR count). The van der Waals surface area contributed by atoms with Gasteiger partial charge in [-0.05, 0) is 62.4 Å². The van der Waals surface area contributed by atoms with Crippen molar-refractivity contribution >= 4 is 5.91 Å². The molecule has 0 bridgehead atoms. The molecule has 5 heteroatoms. The van der Waals surface area contributed by atoms with Crippen molar-refractivity contribution in [3.05, 3.63) is 82.4 Å². The van der Waals surface area contributed by atoms with Crippen LogP contribution in [0.5, 0.6) is 0 Å².